The molecule has 0 unspecified atom stereocenters. The molecule has 0 heterocycles. The number of rotatable bonds is 11. The molecule has 32 heavy (non-hydrogen) atoms. The minimum absolute atomic E-state index is 0. The van der Waals surface area contributed by atoms with E-state index in [2.05, 4.69) is 73.0 Å². The van der Waals surface area contributed by atoms with Gasteiger partial charge in [-0.25, -0.2) is 0 Å². The summed E-state index contributed by atoms with van der Waals surface area (Å²) >= 11 is 0. The molecular weight excluding hydrogens is 422 g/mol. The van der Waals surface area contributed by atoms with Crippen molar-refractivity contribution in [1.82, 2.24) is 0 Å². The molecule has 0 radical (unpaired) electrons. The number of para-hydroxylation sites is 1. The highest BCUT2D eigenvalue weighted by Gasteiger charge is 2.27. The Labute approximate surface area is 202 Å². The second kappa shape index (κ2) is 13.2. The van der Waals surface area contributed by atoms with Crippen LogP contribution in [0.5, 0.6) is 5.75 Å². The fraction of sp³-hybridized carbons (Fsp3) is 0.556. The minimum atomic E-state index is 0. The molecule has 0 saturated carbocycles. The van der Waals surface area contributed by atoms with Crippen LogP contribution in [0.1, 0.15) is 52.2 Å². The molecule has 4 nitrogen and oxygen atoms in total. The maximum atomic E-state index is 5.80. The van der Waals surface area contributed by atoms with Crippen molar-refractivity contribution in [3.05, 3.63) is 65.7 Å². The number of nitrogens with zero attached hydrogens (tertiary/aromatic N) is 1. The van der Waals surface area contributed by atoms with E-state index in [-0.39, 0.29) is 23.3 Å². The second-order valence-electron chi connectivity index (χ2n) is 10.9. The topological polar surface area (TPSA) is 50.0 Å². The van der Waals surface area contributed by atoms with Crippen molar-refractivity contribution < 1.29 is 31.8 Å². The van der Waals surface area contributed by atoms with E-state index in [0.717, 1.165) is 29.9 Å². The van der Waals surface area contributed by atoms with E-state index in [1.807, 2.05) is 30.3 Å². The zero-order chi connectivity index (χ0) is 22.3. The van der Waals surface area contributed by atoms with Gasteiger partial charge in [-0.1, -0.05) is 77.1 Å². The molecular formula is C27H44ClNO3. The molecule has 182 valence electrons. The number of hydrogen-bond donors (Lipinski definition) is 0. The van der Waals surface area contributed by atoms with Crippen molar-refractivity contribution >= 4 is 0 Å². The Bertz CT molecular complexity index is 753. The van der Waals surface area contributed by atoms with Crippen LogP contribution in [0.2, 0.25) is 0 Å². The third-order valence-electron chi connectivity index (χ3n) is 5.40. The van der Waals surface area contributed by atoms with Gasteiger partial charge < -0.3 is 31.8 Å². The molecule has 5 heteroatoms. The Morgan fingerprint density at radius 3 is 1.94 bits per heavy atom. The lowest BCUT2D eigenvalue weighted by atomic mass is 9.72. The van der Waals surface area contributed by atoms with Crippen LogP contribution >= 0.6 is 0 Å². The first kappa shape index (κ1) is 30.4. The zero-order valence-electron chi connectivity index (χ0n) is 21.1. The molecule has 0 aliphatic rings. The molecule has 0 aromatic heterocycles. The highest BCUT2D eigenvalue weighted by Crippen LogP contribution is 2.36. The summed E-state index contributed by atoms with van der Waals surface area (Å²) in [5, 5.41) is 0. The Morgan fingerprint density at radius 2 is 1.38 bits per heavy atom. The fourth-order valence-corrected chi connectivity index (χ4v) is 4.21. The van der Waals surface area contributed by atoms with Gasteiger partial charge in [0, 0.05) is 5.56 Å². The van der Waals surface area contributed by atoms with E-state index < -0.39 is 0 Å². The van der Waals surface area contributed by atoms with Crippen molar-refractivity contribution in [2.45, 2.75) is 53.0 Å². The minimum Gasteiger partial charge on any atom is -1.00 e. The quantitative estimate of drug-likeness (QED) is 0.377. The lowest BCUT2D eigenvalue weighted by Gasteiger charge is -2.33. The van der Waals surface area contributed by atoms with Crippen molar-refractivity contribution in [2.75, 3.05) is 40.5 Å². The molecule has 0 aliphatic carbocycles. The van der Waals surface area contributed by atoms with Crippen molar-refractivity contribution in [3.63, 3.8) is 0 Å². The Hall–Kier alpha value is -1.59. The van der Waals surface area contributed by atoms with Gasteiger partial charge in [0.1, 0.15) is 25.4 Å². The highest BCUT2D eigenvalue weighted by molar-refractivity contribution is 5.28. The molecule has 0 spiro atoms. The average Bonchev–Trinajstić information content (AvgIpc) is 2.63. The maximum Gasteiger partial charge on any atom is 0.119 e. The van der Waals surface area contributed by atoms with Gasteiger partial charge in [0.2, 0.25) is 0 Å². The number of benzene rings is 2. The van der Waals surface area contributed by atoms with Crippen LogP contribution in [0.4, 0.5) is 0 Å². The number of halogens is 1. The van der Waals surface area contributed by atoms with Crippen LogP contribution in [0.25, 0.3) is 0 Å². The zero-order valence-corrected chi connectivity index (χ0v) is 21.8. The molecule has 0 fully saturated rings. The number of likely N-dealkylation sites (N-methyl/N-ethyl adjacent to an activating group) is 1. The van der Waals surface area contributed by atoms with Crippen LogP contribution in [-0.2, 0) is 16.7 Å². The number of hydrogen-bond acceptors (Lipinski definition) is 2. The molecule has 0 saturated heterocycles. The molecule has 2 N–H and O–H groups in total. The summed E-state index contributed by atoms with van der Waals surface area (Å²) < 4.78 is 12.4. The third kappa shape index (κ3) is 11.3. The van der Waals surface area contributed by atoms with Gasteiger partial charge in [-0.05, 0) is 34.9 Å². The predicted molar refractivity (Wildman–Crippen MR) is 131 cm³/mol. The summed E-state index contributed by atoms with van der Waals surface area (Å²) in [7, 11) is 4.53. The first-order valence-electron chi connectivity index (χ1n) is 11.1. The lowest BCUT2D eigenvalue weighted by Crippen LogP contribution is -3.00. The van der Waals surface area contributed by atoms with Gasteiger partial charge in [0.05, 0.1) is 27.3 Å². The summed E-state index contributed by atoms with van der Waals surface area (Å²) in [4.78, 5) is 0. The normalized spacial score (nSPS) is 12.0. The van der Waals surface area contributed by atoms with E-state index >= 15 is 0 Å². The van der Waals surface area contributed by atoms with Gasteiger partial charge in [-0.2, -0.15) is 0 Å². The summed E-state index contributed by atoms with van der Waals surface area (Å²) in [6.45, 7) is 15.6. The smallest absolute Gasteiger partial charge is 0.119 e. The Kier molecular flexibility index (Phi) is 12.5. The Balaban J connectivity index is 0.00000480. The molecule has 0 aliphatic heterocycles. The van der Waals surface area contributed by atoms with E-state index in [1.165, 1.54) is 17.5 Å². The van der Waals surface area contributed by atoms with Crippen molar-refractivity contribution in [2.24, 2.45) is 5.41 Å². The van der Waals surface area contributed by atoms with Crippen LogP contribution in [0.15, 0.2) is 54.6 Å². The first-order valence-corrected chi connectivity index (χ1v) is 11.1. The maximum absolute atomic E-state index is 5.80. The SMILES string of the molecule is CC(C)(C)CC(C)(C)c1ccc(C[N+](C)(C)CCOCCOc2ccccc2)cc1.O.[Cl-]. The van der Waals surface area contributed by atoms with Crippen molar-refractivity contribution in [1.29, 1.82) is 0 Å². The van der Waals surface area contributed by atoms with E-state index in [4.69, 9.17) is 9.47 Å². The van der Waals surface area contributed by atoms with Crippen LogP contribution < -0.4 is 17.1 Å². The molecule has 2 rings (SSSR count). The molecule has 2 aromatic rings. The molecule has 0 amide bonds. The van der Waals surface area contributed by atoms with E-state index in [1.54, 1.807) is 0 Å². The number of ether oxygens (including phenoxy) is 2. The van der Waals surface area contributed by atoms with E-state index in [9.17, 15) is 0 Å². The lowest BCUT2D eigenvalue weighted by molar-refractivity contribution is -0.904. The third-order valence-corrected chi connectivity index (χ3v) is 5.40. The summed E-state index contributed by atoms with van der Waals surface area (Å²) in [6.07, 6.45) is 1.17. The van der Waals surface area contributed by atoms with Crippen LogP contribution in [0.3, 0.4) is 0 Å². The summed E-state index contributed by atoms with van der Waals surface area (Å²) in [6, 6.07) is 19.1. The molecule has 2 aromatic carbocycles. The van der Waals surface area contributed by atoms with Gasteiger partial charge in [-0.15, -0.1) is 0 Å². The predicted octanol–water partition coefficient (Wildman–Crippen LogP) is 2.25. The largest absolute Gasteiger partial charge is 1.00 e. The van der Waals surface area contributed by atoms with Crippen LogP contribution in [-0.4, -0.2) is 50.4 Å². The Morgan fingerprint density at radius 1 is 0.781 bits per heavy atom. The van der Waals surface area contributed by atoms with E-state index in [0.29, 0.717) is 18.6 Å². The average molecular weight is 466 g/mol. The summed E-state index contributed by atoms with van der Waals surface area (Å²) in [5.74, 6) is 0.895. The van der Waals surface area contributed by atoms with Gasteiger partial charge >= 0.3 is 0 Å². The van der Waals surface area contributed by atoms with Crippen molar-refractivity contribution in [3.8, 4) is 5.75 Å². The fourth-order valence-electron chi connectivity index (χ4n) is 4.21. The number of quaternary nitrogens is 1. The highest BCUT2D eigenvalue weighted by atomic mass is 35.5. The first-order chi connectivity index (χ1) is 14.0. The monoisotopic (exact) mass is 465 g/mol. The van der Waals surface area contributed by atoms with Gasteiger partial charge in [0.25, 0.3) is 0 Å². The molecule has 0 bridgehead atoms. The van der Waals surface area contributed by atoms with Crippen LogP contribution in [0, 0.1) is 5.41 Å². The molecule has 0 atom stereocenters. The van der Waals surface area contributed by atoms with Gasteiger partial charge in [0.15, 0.2) is 0 Å². The summed E-state index contributed by atoms with van der Waals surface area (Å²) in [5.41, 5.74) is 3.32. The second-order valence-corrected chi connectivity index (χ2v) is 10.9. The standard InChI is InChI=1S/C27H42NO2.ClH.H2O/c1-26(2,3)22-27(4,5)24-15-13-23(14-16-24)21-28(6,7)17-18-29-19-20-30-25-11-9-8-10-12-25;;/h8-16H,17-22H2,1-7H3;1H;1H2/q+1;;/p-1. The van der Waals surface area contributed by atoms with Gasteiger partial charge in [-0.3, -0.25) is 0 Å².